The summed E-state index contributed by atoms with van der Waals surface area (Å²) in [5, 5.41) is 5.41. The van der Waals surface area contributed by atoms with Gasteiger partial charge in [0.05, 0.1) is 7.11 Å². The highest BCUT2D eigenvalue weighted by atomic mass is 19.3. The van der Waals surface area contributed by atoms with Gasteiger partial charge in [-0.25, -0.2) is 4.79 Å². The summed E-state index contributed by atoms with van der Waals surface area (Å²) in [5.74, 6) is -7.36. The Morgan fingerprint density at radius 2 is 1.70 bits per heavy atom. The molecule has 4 atom stereocenters. The Hall–Kier alpha value is -3.82. The lowest BCUT2D eigenvalue weighted by Gasteiger charge is -2.30. The number of carbonyl (C=O) groups is 4. The Kier molecular flexibility index (Phi) is 12.4. The first kappa shape index (κ1) is 34.7. The number of hydrogen-bond donors (Lipinski definition) is 2. The number of alkyl halides is 2. The molecule has 2 N–H and O–H groups in total. The molecular formula is C34H44F2N2O6. The van der Waals surface area contributed by atoms with Crippen LogP contribution in [0.15, 0.2) is 54.6 Å². The average molecular weight is 615 g/mol. The third-order valence-corrected chi connectivity index (χ3v) is 7.88. The first-order chi connectivity index (χ1) is 20.8. The SMILES string of the molecule is COC(=O)[C@H](C[C@@H]1CCNC1=O)NC(=O)[C@@H](CCC(=O)OC(C(C)C)C(F)(F)c1cccc(-c2ccccc2)c1)CC(C)C. The predicted octanol–water partition coefficient (Wildman–Crippen LogP) is 5.64. The Morgan fingerprint density at radius 1 is 1.02 bits per heavy atom. The minimum atomic E-state index is -3.47. The molecule has 2 aromatic carbocycles. The summed E-state index contributed by atoms with van der Waals surface area (Å²) in [6, 6.07) is 14.2. The average Bonchev–Trinajstić information content (AvgIpc) is 3.41. The van der Waals surface area contributed by atoms with Crippen molar-refractivity contribution in [1.82, 2.24) is 10.6 Å². The molecule has 8 nitrogen and oxygen atoms in total. The normalized spacial score (nSPS) is 17.1. The molecule has 10 heteroatoms. The van der Waals surface area contributed by atoms with Crippen LogP contribution in [0.2, 0.25) is 0 Å². The van der Waals surface area contributed by atoms with E-state index in [1.54, 1.807) is 26.0 Å². The van der Waals surface area contributed by atoms with Crippen LogP contribution in [0, 0.1) is 23.7 Å². The van der Waals surface area contributed by atoms with Gasteiger partial charge in [-0.05, 0) is 54.7 Å². The van der Waals surface area contributed by atoms with Crippen LogP contribution in [0.5, 0.6) is 0 Å². The lowest BCUT2D eigenvalue weighted by Crippen LogP contribution is -2.46. The van der Waals surface area contributed by atoms with Crippen LogP contribution >= 0.6 is 0 Å². The lowest BCUT2D eigenvalue weighted by molar-refractivity contribution is -0.184. The smallest absolute Gasteiger partial charge is 0.328 e. The number of methoxy groups -OCH3 is 1. The van der Waals surface area contributed by atoms with Crippen molar-refractivity contribution in [3.05, 3.63) is 60.2 Å². The van der Waals surface area contributed by atoms with Crippen LogP contribution in [-0.2, 0) is 34.6 Å². The number of hydrogen-bond acceptors (Lipinski definition) is 6. The highest BCUT2D eigenvalue weighted by molar-refractivity contribution is 5.87. The Labute approximate surface area is 258 Å². The Morgan fingerprint density at radius 3 is 2.30 bits per heavy atom. The molecule has 1 aliphatic heterocycles. The maximum Gasteiger partial charge on any atom is 0.328 e. The van der Waals surface area contributed by atoms with Crippen molar-refractivity contribution in [2.45, 2.75) is 77.9 Å². The minimum absolute atomic E-state index is 0.0422. The van der Waals surface area contributed by atoms with Gasteiger partial charge in [0.2, 0.25) is 11.8 Å². The quantitative estimate of drug-likeness (QED) is 0.251. The van der Waals surface area contributed by atoms with Gasteiger partial charge in [-0.15, -0.1) is 0 Å². The molecule has 0 saturated carbocycles. The number of esters is 2. The zero-order valence-electron chi connectivity index (χ0n) is 26.1. The number of amides is 2. The second-order valence-corrected chi connectivity index (χ2v) is 12.2. The topological polar surface area (TPSA) is 111 Å². The van der Waals surface area contributed by atoms with Crippen LogP contribution in [0.3, 0.4) is 0 Å². The molecule has 1 heterocycles. The third kappa shape index (κ3) is 9.34. The van der Waals surface area contributed by atoms with Crippen molar-refractivity contribution < 1.29 is 37.4 Å². The largest absolute Gasteiger partial charge is 0.467 e. The molecule has 1 aliphatic rings. The van der Waals surface area contributed by atoms with E-state index in [1.165, 1.54) is 19.2 Å². The van der Waals surface area contributed by atoms with Gasteiger partial charge in [-0.2, -0.15) is 8.78 Å². The molecule has 2 amide bonds. The van der Waals surface area contributed by atoms with Gasteiger partial charge in [0.1, 0.15) is 6.04 Å². The number of rotatable bonds is 15. The van der Waals surface area contributed by atoms with Gasteiger partial charge in [0, 0.05) is 30.4 Å². The van der Waals surface area contributed by atoms with E-state index in [-0.39, 0.29) is 36.7 Å². The second-order valence-electron chi connectivity index (χ2n) is 12.2. The molecule has 1 saturated heterocycles. The summed E-state index contributed by atoms with van der Waals surface area (Å²) in [7, 11) is 1.21. The number of ether oxygens (including phenoxy) is 2. The van der Waals surface area contributed by atoms with Gasteiger partial charge < -0.3 is 20.1 Å². The van der Waals surface area contributed by atoms with Crippen LogP contribution in [0.4, 0.5) is 8.78 Å². The molecule has 3 rings (SSSR count). The van der Waals surface area contributed by atoms with Gasteiger partial charge in [0.25, 0.3) is 0 Å². The van der Waals surface area contributed by atoms with E-state index in [4.69, 9.17) is 9.47 Å². The summed E-state index contributed by atoms with van der Waals surface area (Å²) in [6.07, 6.45) is -0.908. The number of nitrogens with one attached hydrogen (secondary N) is 2. The first-order valence-corrected chi connectivity index (χ1v) is 15.2. The molecule has 0 aromatic heterocycles. The second kappa shape index (κ2) is 15.8. The van der Waals surface area contributed by atoms with Gasteiger partial charge >= 0.3 is 17.9 Å². The molecule has 240 valence electrons. The molecule has 0 bridgehead atoms. The van der Waals surface area contributed by atoms with E-state index in [0.29, 0.717) is 24.9 Å². The van der Waals surface area contributed by atoms with Crippen molar-refractivity contribution in [1.29, 1.82) is 0 Å². The minimum Gasteiger partial charge on any atom is -0.467 e. The zero-order valence-corrected chi connectivity index (χ0v) is 26.1. The van der Waals surface area contributed by atoms with Crippen LogP contribution in [0.25, 0.3) is 11.1 Å². The van der Waals surface area contributed by atoms with Gasteiger partial charge in [-0.1, -0.05) is 76.2 Å². The monoisotopic (exact) mass is 614 g/mol. The number of benzene rings is 2. The zero-order chi connectivity index (χ0) is 32.4. The fraction of sp³-hybridized carbons (Fsp3) is 0.529. The van der Waals surface area contributed by atoms with E-state index >= 15 is 8.78 Å². The summed E-state index contributed by atoms with van der Waals surface area (Å²) >= 11 is 0. The molecule has 0 radical (unpaired) electrons. The van der Waals surface area contributed by atoms with E-state index in [2.05, 4.69) is 10.6 Å². The van der Waals surface area contributed by atoms with Crippen molar-refractivity contribution in [3.63, 3.8) is 0 Å². The summed E-state index contributed by atoms with van der Waals surface area (Å²) in [4.78, 5) is 50.8. The van der Waals surface area contributed by atoms with Gasteiger partial charge in [-0.3, -0.25) is 14.4 Å². The molecular weight excluding hydrogens is 570 g/mol. The van der Waals surface area contributed by atoms with Crippen molar-refractivity contribution in [3.8, 4) is 11.1 Å². The molecule has 1 fully saturated rings. The maximum absolute atomic E-state index is 15.9. The fourth-order valence-electron chi connectivity index (χ4n) is 5.55. The first-order valence-electron chi connectivity index (χ1n) is 15.2. The molecule has 0 spiro atoms. The molecule has 1 unspecified atom stereocenters. The summed E-state index contributed by atoms with van der Waals surface area (Å²) < 4.78 is 42.0. The van der Waals surface area contributed by atoms with E-state index in [9.17, 15) is 19.2 Å². The third-order valence-electron chi connectivity index (χ3n) is 7.88. The Balaban J connectivity index is 1.69. The maximum atomic E-state index is 15.9. The van der Waals surface area contributed by atoms with Crippen LogP contribution in [0.1, 0.15) is 65.4 Å². The summed E-state index contributed by atoms with van der Waals surface area (Å²) in [6.45, 7) is 7.47. The molecule has 0 aliphatic carbocycles. The fourth-order valence-corrected chi connectivity index (χ4v) is 5.55. The van der Waals surface area contributed by atoms with Crippen molar-refractivity contribution in [2.24, 2.45) is 23.7 Å². The number of carbonyl (C=O) groups excluding carboxylic acids is 4. The molecule has 44 heavy (non-hydrogen) atoms. The molecule has 2 aromatic rings. The van der Waals surface area contributed by atoms with Crippen molar-refractivity contribution >= 4 is 23.8 Å². The van der Waals surface area contributed by atoms with Crippen LogP contribution < -0.4 is 10.6 Å². The Bertz CT molecular complexity index is 1280. The van der Waals surface area contributed by atoms with E-state index < -0.39 is 53.7 Å². The van der Waals surface area contributed by atoms with Crippen LogP contribution in [-0.4, -0.2) is 49.6 Å². The highest BCUT2D eigenvalue weighted by Crippen LogP contribution is 2.39. The van der Waals surface area contributed by atoms with E-state index in [1.807, 2.05) is 44.2 Å². The standard InChI is InChI=1S/C34H44F2N2O6/c1-21(2)18-25(32(41)38-28(33(42)43-5)20-26-16-17-37-31(26)40)14-15-29(39)44-30(22(3)4)34(35,36)27-13-9-12-24(19-27)23-10-7-6-8-11-23/h6-13,19,21-22,25-26,28,30H,14-18,20H2,1-5H3,(H,37,40)(H,38,41)/t25-,26-,28-,30?/m0/s1. The predicted molar refractivity (Wildman–Crippen MR) is 162 cm³/mol. The number of halogens is 2. The van der Waals surface area contributed by atoms with Gasteiger partial charge in [0.15, 0.2) is 6.10 Å². The van der Waals surface area contributed by atoms with E-state index in [0.717, 1.165) is 5.56 Å². The van der Waals surface area contributed by atoms with Crippen molar-refractivity contribution in [2.75, 3.05) is 13.7 Å². The lowest BCUT2D eigenvalue weighted by atomic mass is 9.90. The summed E-state index contributed by atoms with van der Waals surface area (Å²) in [5.41, 5.74) is 1.16. The highest BCUT2D eigenvalue weighted by Gasteiger charge is 2.46.